The van der Waals surface area contributed by atoms with Gasteiger partial charge in [-0.2, -0.15) is 0 Å². The highest BCUT2D eigenvalue weighted by atomic mass is 15.0. The van der Waals surface area contributed by atoms with Gasteiger partial charge < -0.3 is 5.32 Å². The van der Waals surface area contributed by atoms with E-state index in [1.54, 1.807) is 6.42 Å². The minimum Gasteiger partial charge on any atom is -0.311 e. The van der Waals surface area contributed by atoms with Crippen molar-refractivity contribution in [2.24, 2.45) is 29.1 Å². The summed E-state index contributed by atoms with van der Waals surface area (Å²) in [5.74, 6) is 3.96. The average Bonchev–Trinajstić information content (AvgIpc) is 2.20. The summed E-state index contributed by atoms with van der Waals surface area (Å²) in [6, 6.07) is 1.51. The smallest absolute Gasteiger partial charge is 0.0126 e. The molecule has 0 aromatic heterocycles. The fourth-order valence-corrected chi connectivity index (χ4v) is 5.97. The van der Waals surface area contributed by atoms with E-state index >= 15 is 0 Å². The van der Waals surface area contributed by atoms with E-state index in [9.17, 15) is 0 Å². The van der Waals surface area contributed by atoms with Crippen LogP contribution in [0.2, 0.25) is 0 Å². The summed E-state index contributed by atoms with van der Waals surface area (Å²) in [4.78, 5) is 0. The molecule has 4 bridgehead atoms. The van der Waals surface area contributed by atoms with Gasteiger partial charge in [-0.05, 0) is 67.6 Å². The Labute approximate surface area is 113 Å². The number of nitrogens with one attached hydrogen (secondary N) is 1. The summed E-state index contributed by atoms with van der Waals surface area (Å²) in [7, 11) is 0. The van der Waals surface area contributed by atoms with Crippen molar-refractivity contribution >= 4 is 0 Å². The third kappa shape index (κ3) is 2.24. The lowest BCUT2D eigenvalue weighted by Crippen LogP contribution is -2.59. The molecule has 0 aromatic carbocycles. The maximum Gasteiger partial charge on any atom is 0.0126 e. The lowest BCUT2D eigenvalue weighted by atomic mass is 9.46. The maximum atomic E-state index is 3.90. The van der Waals surface area contributed by atoms with E-state index in [1.807, 2.05) is 0 Å². The molecule has 0 spiro atoms. The van der Waals surface area contributed by atoms with Crippen LogP contribution in [0.5, 0.6) is 0 Å². The van der Waals surface area contributed by atoms with E-state index in [2.05, 4.69) is 33.0 Å². The van der Waals surface area contributed by atoms with Gasteiger partial charge in [0.25, 0.3) is 0 Å². The predicted molar refractivity (Wildman–Crippen MR) is 77.5 cm³/mol. The summed E-state index contributed by atoms with van der Waals surface area (Å²) >= 11 is 0. The van der Waals surface area contributed by atoms with E-state index < -0.39 is 0 Å². The van der Waals surface area contributed by atoms with Gasteiger partial charge in [-0.25, -0.2) is 0 Å². The molecular formula is C17H31N. The SMILES string of the molecule is CC(C)CC12CC3CC(C1)C(NC(C)C)C(C3)C2. The Kier molecular flexibility index (Phi) is 3.25. The van der Waals surface area contributed by atoms with Crippen LogP contribution < -0.4 is 5.32 Å². The third-order valence-corrected chi connectivity index (χ3v) is 5.77. The molecule has 0 aliphatic heterocycles. The van der Waals surface area contributed by atoms with Gasteiger partial charge in [0.05, 0.1) is 0 Å². The topological polar surface area (TPSA) is 12.0 Å². The Bertz CT molecular complexity index is 287. The fourth-order valence-electron chi connectivity index (χ4n) is 5.97. The van der Waals surface area contributed by atoms with Crippen molar-refractivity contribution in [3.8, 4) is 0 Å². The lowest BCUT2D eigenvalue weighted by Gasteiger charge is -2.61. The van der Waals surface area contributed by atoms with Gasteiger partial charge in [0.15, 0.2) is 0 Å². The van der Waals surface area contributed by atoms with E-state index in [1.165, 1.54) is 32.1 Å². The van der Waals surface area contributed by atoms with Crippen LogP contribution in [0.1, 0.15) is 66.2 Å². The van der Waals surface area contributed by atoms with Crippen LogP contribution >= 0.6 is 0 Å². The Balaban J connectivity index is 1.75. The van der Waals surface area contributed by atoms with Gasteiger partial charge in [0.2, 0.25) is 0 Å². The van der Waals surface area contributed by atoms with Crippen molar-refractivity contribution in [3.05, 3.63) is 0 Å². The molecule has 1 heteroatoms. The molecule has 1 nitrogen and oxygen atoms in total. The average molecular weight is 249 g/mol. The number of hydrogen-bond donors (Lipinski definition) is 1. The van der Waals surface area contributed by atoms with Gasteiger partial charge in [0, 0.05) is 12.1 Å². The Morgan fingerprint density at radius 2 is 1.61 bits per heavy atom. The van der Waals surface area contributed by atoms with Crippen LogP contribution in [0.25, 0.3) is 0 Å². The molecule has 4 aliphatic carbocycles. The van der Waals surface area contributed by atoms with Crippen molar-refractivity contribution in [2.75, 3.05) is 0 Å². The van der Waals surface area contributed by atoms with Crippen LogP contribution in [0, 0.1) is 29.1 Å². The summed E-state index contributed by atoms with van der Waals surface area (Å²) in [6.07, 6.45) is 9.17. The highest BCUT2D eigenvalue weighted by Crippen LogP contribution is 2.62. The number of hydrogen-bond acceptors (Lipinski definition) is 1. The molecule has 0 saturated heterocycles. The van der Waals surface area contributed by atoms with Crippen molar-refractivity contribution in [2.45, 2.75) is 78.3 Å². The van der Waals surface area contributed by atoms with E-state index in [0.717, 1.165) is 35.1 Å². The molecule has 18 heavy (non-hydrogen) atoms. The van der Waals surface area contributed by atoms with Crippen LogP contribution in [0.4, 0.5) is 0 Å². The van der Waals surface area contributed by atoms with Crippen molar-refractivity contribution < 1.29 is 0 Å². The quantitative estimate of drug-likeness (QED) is 0.786. The molecule has 4 fully saturated rings. The molecule has 4 aliphatic rings. The zero-order valence-corrected chi connectivity index (χ0v) is 12.7. The summed E-state index contributed by atoms with van der Waals surface area (Å²) in [6.45, 7) is 9.47. The Morgan fingerprint density at radius 1 is 1.00 bits per heavy atom. The molecule has 0 aromatic rings. The first kappa shape index (κ1) is 13.0. The van der Waals surface area contributed by atoms with Crippen LogP contribution in [0.15, 0.2) is 0 Å². The minimum absolute atomic E-state index is 0.661. The molecular weight excluding hydrogens is 218 g/mol. The highest BCUT2D eigenvalue weighted by molar-refractivity contribution is 5.07. The second kappa shape index (κ2) is 4.51. The molecule has 0 heterocycles. The lowest BCUT2D eigenvalue weighted by molar-refractivity contribution is -0.0870. The van der Waals surface area contributed by atoms with E-state index in [4.69, 9.17) is 0 Å². The highest BCUT2D eigenvalue weighted by Gasteiger charge is 2.54. The molecule has 4 saturated carbocycles. The fraction of sp³-hybridized carbons (Fsp3) is 1.00. The van der Waals surface area contributed by atoms with Crippen molar-refractivity contribution in [3.63, 3.8) is 0 Å². The summed E-state index contributed by atoms with van der Waals surface area (Å²) in [5.41, 5.74) is 0.750. The van der Waals surface area contributed by atoms with Crippen LogP contribution in [0.3, 0.4) is 0 Å². The standard InChI is InChI=1S/C17H31N/c1-11(2)7-17-8-13-5-14(9-17)16(18-12(3)4)15(6-13)10-17/h11-16,18H,5-10H2,1-4H3. The second-order valence-corrected chi connectivity index (χ2v) is 8.42. The predicted octanol–water partition coefficient (Wildman–Crippen LogP) is 4.23. The first-order valence-corrected chi connectivity index (χ1v) is 8.23. The molecule has 4 rings (SSSR count). The van der Waals surface area contributed by atoms with Gasteiger partial charge in [-0.15, -0.1) is 0 Å². The zero-order valence-electron chi connectivity index (χ0n) is 12.7. The molecule has 2 unspecified atom stereocenters. The third-order valence-electron chi connectivity index (χ3n) is 5.77. The summed E-state index contributed by atoms with van der Waals surface area (Å²) in [5, 5.41) is 3.90. The van der Waals surface area contributed by atoms with Crippen LogP contribution in [-0.4, -0.2) is 12.1 Å². The van der Waals surface area contributed by atoms with Gasteiger partial charge >= 0.3 is 0 Å². The molecule has 0 radical (unpaired) electrons. The van der Waals surface area contributed by atoms with Gasteiger partial charge in [0.1, 0.15) is 0 Å². The number of rotatable bonds is 4. The van der Waals surface area contributed by atoms with Crippen molar-refractivity contribution in [1.82, 2.24) is 5.32 Å². The second-order valence-electron chi connectivity index (χ2n) is 8.42. The van der Waals surface area contributed by atoms with Crippen molar-refractivity contribution in [1.29, 1.82) is 0 Å². The van der Waals surface area contributed by atoms with E-state index in [-0.39, 0.29) is 0 Å². The monoisotopic (exact) mass is 249 g/mol. The largest absolute Gasteiger partial charge is 0.311 e. The Morgan fingerprint density at radius 3 is 2.11 bits per heavy atom. The molecule has 104 valence electrons. The van der Waals surface area contributed by atoms with Crippen LogP contribution in [-0.2, 0) is 0 Å². The van der Waals surface area contributed by atoms with E-state index in [0.29, 0.717) is 6.04 Å². The molecule has 2 atom stereocenters. The first-order valence-electron chi connectivity index (χ1n) is 8.23. The normalized spacial score (nSPS) is 46.3. The minimum atomic E-state index is 0.661. The molecule has 1 N–H and O–H groups in total. The maximum absolute atomic E-state index is 3.90. The van der Waals surface area contributed by atoms with Gasteiger partial charge in [-0.1, -0.05) is 27.7 Å². The Hall–Kier alpha value is -0.0400. The zero-order chi connectivity index (χ0) is 12.9. The van der Waals surface area contributed by atoms with Gasteiger partial charge in [-0.3, -0.25) is 0 Å². The molecule has 0 amide bonds. The first-order chi connectivity index (χ1) is 8.47. The summed E-state index contributed by atoms with van der Waals surface area (Å²) < 4.78 is 0.